The SMILES string of the molecule is CCS(=O)(=O)c1ccc([C@H](CO)NC(=O)c2ccc(N3CCN(Cc4ccc(OC(F)F)cc4)CC3COC(F)F)cc2)cc1. The van der Waals surface area contributed by atoms with E-state index in [1.165, 1.54) is 24.3 Å². The van der Waals surface area contributed by atoms with E-state index in [4.69, 9.17) is 0 Å². The van der Waals surface area contributed by atoms with Gasteiger partial charge in [-0.05, 0) is 59.7 Å². The summed E-state index contributed by atoms with van der Waals surface area (Å²) >= 11 is 0. The first-order valence-electron chi connectivity index (χ1n) is 14.3. The first kappa shape index (κ1) is 34.2. The monoisotopic (exact) mass is 653 g/mol. The third-order valence-corrected chi connectivity index (χ3v) is 9.26. The Balaban J connectivity index is 1.40. The second-order valence-corrected chi connectivity index (χ2v) is 12.7. The van der Waals surface area contributed by atoms with Crippen molar-refractivity contribution in [1.29, 1.82) is 0 Å². The molecule has 4 rings (SSSR count). The molecule has 244 valence electrons. The molecule has 3 aromatic carbocycles. The molecule has 2 N–H and O–H groups in total. The smallest absolute Gasteiger partial charge is 0.387 e. The van der Waals surface area contributed by atoms with Gasteiger partial charge in [0, 0.05) is 37.4 Å². The largest absolute Gasteiger partial charge is 0.435 e. The number of benzene rings is 3. The fraction of sp³-hybridized carbons (Fsp3) is 0.387. The van der Waals surface area contributed by atoms with Gasteiger partial charge in [0.1, 0.15) is 5.75 Å². The van der Waals surface area contributed by atoms with Gasteiger partial charge in [-0.25, -0.2) is 8.42 Å². The molecule has 0 saturated carbocycles. The van der Waals surface area contributed by atoms with E-state index in [0.29, 0.717) is 43.0 Å². The summed E-state index contributed by atoms with van der Waals surface area (Å²) in [5.41, 5.74) is 2.39. The molecule has 0 bridgehead atoms. The number of hydrogen-bond acceptors (Lipinski definition) is 8. The number of amides is 1. The molecule has 0 radical (unpaired) electrons. The Labute approximate surface area is 259 Å². The van der Waals surface area contributed by atoms with Crippen molar-refractivity contribution in [2.24, 2.45) is 0 Å². The van der Waals surface area contributed by atoms with Crippen LogP contribution in [0, 0.1) is 0 Å². The van der Waals surface area contributed by atoms with Crippen LogP contribution in [-0.2, 0) is 21.1 Å². The first-order valence-corrected chi connectivity index (χ1v) is 15.9. The minimum Gasteiger partial charge on any atom is -0.435 e. The maximum atomic E-state index is 13.0. The zero-order valence-corrected chi connectivity index (χ0v) is 25.3. The predicted molar refractivity (Wildman–Crippen MR) is 159 cm³/mol. The Bertz CT molecular complexity index is 1490. The van der Waals surface area contributed by atoms with E-state index in [9.17, 15) is 35.9 Å². The molecule has 45 heavy (non-hydrogen) atoms. The van der Waals surface area contributed by atoms with Crippen LogP contribution < -0.4 is 15.0 Å². The summed E-state index contributed by atoms with van der Waals surface area (Å²) in [4.78, 5) is 17.1. The fourth-order valence-electron chi connectivity index (χ4n) is 5.12. The third-order valence-electron chi connectivity index (χ3n) is 7.51. The van der Waals surface area contributed by atoms with Gasteiger partial charge in [0.2, 0.25) is 0 Å². The lowest BCUT2D eigenvalue weighted by Crippen LogP contribution is -2.55. The number of nitrogens with one attached hydrogen (secondary N) is 1. The van der Waals surface area contributed by atoms with Crippen LogP contribution in [0.25, 0.3) is 0 Å². The van der Waals surface area contributed by atoms with Crippen molar-refractivity contribution >= 4 is 21.4 Å². The highest BCUT2D eigenvalue weighted by molar-refractivity contribution is 7.91. The van der Waals surface area contributed by atoms with Gasteiger partial charge in [-0.15, -0.1) is 0 Å². The summed E-state index contributed by atoms with van der Waals surface area (Å²) in [5.74, 6) is -0.460. The number of ether oxygens (including phenoxy) is 2. The van der Waals surface area contributed by atoms with Crippen LogP contribution >= 0.6 is 0 Å². The van der Waals surface area contributed by atoms with Crippen molar-refractivity contribution in [3.8, 4) is 5.75 Å². The lowest BCUT2D eigenvalue weighted by atomic mass is 10.1. The van der Waals surface area contributed by atoms with Crippen LogP contribution in [0.3, 0.4) is 0 Å². The molecule has 1 heterocycles. The number of anilines is 1. The Hall–Kier alpha value is -3.72. The summed E-state index contributed by atoms with van der Waals surface area (Å²) in [5, 5.41) is 12.6. The highest BCUT2D eigenvalue weighted by atomic mass is 32.2. The van der Waals surface area contributed by atoms with Crippen LogP contribution in [0.5, 0.6) is 5.75 Å². The van der Waals surface area contributed by atoms with Crippen LogP contribution in [0.15, 0.2) is 77.7 Å². The molecule has 0 aromatic heterocycles. The number of aliphatic hydroxyl groups excluding tert-OH is 1. The maximum absolute atomic E-state index is 13.0. The molecule has 3 aromatic rings. The van der Waals surface area contributed by atoms with Gasteiger partial charge in [0.25, 0.3) is 5.91 Å². The van der Waals surface area contributed by atoms with Gasteiger partial charge in [-0.1, -0.05) is 31.2 Å². The normalized spacial score (nSPS) is 16.6. The van der Waals surface area contributed by atoms with Gasteiger partial charge in [0.15, 0.2) is 9.84 Å². The first-order chi connectivity index (χ1) is 21.5. The summed E-state index contributed by atoms with van der Waals surface area (Å²) in [6.45, 7) is -3.05. The predicted octanol–water partition coefficient (Wildman–Crippen LogP) is 4.48. The quantitative estimate of drug-likeness (QED) is 0.246. The number of alkyl halides is 4. The molecule has 1 amide bonds. The molecule has 1 fully saturated rings. The lowest BCUT2D eigenvalue weighted by Gasteiger charge is -2.42. The zero-order valence-electron chi connectivity index (χ0n) is 24.5. The van der Waals surface area contributed by atoms with Crippen molar-refractivity contribution in [1.82, 2.24) is 10.2 Å². The topological polar surface area (TPSA) is 108 Å². The van der Waals surface area contributed by atoms with Crippen LogP contribution in [0.1, 0.15) is 34.5 Å². The van der Waals surface area contributed by atoms with Crippen LogP contribution in [-0.4, -0.2) is 82.2 Å². The highest BCUT2D eigenvalue weighted by Crippen LogP contribution is 2.25. The van der Waals surface area contributed by atoms with E-state index in [1.54, 1.807) is 55.5 Å². The molecule has 0 aliphatic carbocycles. The number of aliphatic hydroxyl groups is 1. The summed E-state index contributed by atoms with van der Waals surface area (Å²) < 4.78 is 84.0. The van der Waals surface area contributed by atoms with Gasteiger partial charge in [-0.3, -0.25) is 9.69 Å². The molecular formula is C31H35F4N3O6S. The molecule has 0 spiro atoms. The molecule has 9 nitrogen and oxygen atoms in total. The molecule has 14 heteroatoms. The molecule has 2 atom stereocenters. The number of halogens is 4. The van der Waals surface area contributed by atoms with Gasteiger partial charge in [-0.2, -0.15) is 17.6 Å². The summed E-state index contributed by atoms with van der Waals surface area (Å²) in [6.07, 6.45) is 0. The number of nitrogens with zero attached hydrogens (tertiary/aromatic N) is 2. The summed E-state index contributed by atoms with van der Waals surface area (Å²) in [7, 11) is -3.39. The fourth-order valence-corrected chi connectivity index (χ4v) is 6.00. The third kappa shape index (κ3) is 9.39. The van der Waals surface area contributed by atoms with Crippen molar-refractivity contribution in [2.75, 3.05) is 43.5 Å². The van der Waals surface area contributed by atoms with E-state index in [2.05, 4.69) is 19.7 Å². The molecule has 1 aliphatic rings. The number of piperazine rings is 1. The van der Waals surface area contributed by atoms with Crippen molar-refractivity contribution < 1.29 is 45.4 Å². The van der Waals surface area contributed by atoms with Crippen molar-refractivity contribution in [3.05, 3.63) is 89.5 Å². The summed E-state index contributed by atoms with van der Waals surface area (Å²) in [6, 6.07) is 17.6. The van der Waals surface area contributed by atoms with E-state index < -0.39 is 47.7 Å². The number of hydrogen-bond donors (Lipinski definition) is 2. The molecule has 1 saturated heterocycles. The maximum Gasteiger partial charge on any atom is 0.387 e. The zero-order chi connectivity index (χ0) is 32.6. The number of carbonyl (C=O) groups is 1. The second kappa shape index (κ2) is 15.5. The Kier molecular flexibility index (Phi) is 11.8. The molecular weight excluding hydrogens is 618 g/mol. The number of sulfone groups is 1. The molecule has 1 aliphatic heterocycles. The average molecular weight is 654 g/mol. The average Bonchev–Trinajstić information content (AvgIpc) is 3.03. The van der Waals surface area contributed by atoms with E-state index in [-0.39, 0.29) is 23.0 Å². The van der Waals surface area contributed by atoms with E-state index >= 15 is 0 Å². The van der Waals surface area contributed by atoms with E-state index in [0.717, 1.165) is 5.56 Å². The second-order valence-electron chi connectivity index (χ2n) is 10.4. The van der Waals surface area contributed by atoms with Gasteiger partial charge >= 0.3 is 13.2 Å². The van der Waals surface area contributed by atoms with Crippen LogP contribution in [0.2, 0.25) is 0 Å². The Morgan fingerprint density at radius 3 is 2.20 bits per heavy atom. The van der Waals surface area contributed by atoms with Crippen LogP contribution in [0.4, 0.5) is 23.2 Å². The molecule has 1 unspecified atom stereocenters. The van der Waals surface area contributed by atoms with Gasteiger partial charge < -0.3 is 24.8 Å². The standard InChI is InChI=1S/C31H35F4N3O6S/c1-2-45(41,42)27-13-7-22(8-14-27)28(19-39)36-29(40)23-5-9-24(10-6-23)38-16-15-37(18-25(38)20-43-30(32)33)17-21-3-11-26(12-4-21)44-31(34)35/h3-14,25,28,30-31,39H,2,15-20H2,1H3,(H,36,40)/t25?,28-/m0/s1. The Morgan fingerprint density at radius 1 is 0.956 bits per heavy atom. The lowest BCUT2D eigenvalue weighted by molar-refractivity contribution is -0.134. The Morgan fingerprint density at radius 2 is 1.62 bits per heavy atom. The minimum absolute atomic E-state index is 0.0456. The number of rotatable bonds is 14. The number of carbonyl (C=O) groups excluding carboxylic acids is 1. The minimum atomic E-state index is -3.39. The van der Waals surface area contributed by atoms with Gasteiger partial charge in [0.05, 0.1) is 35.9 Å². The van der Waals surface area contributed by atoms with Crippen molar-refractivity contribution in [2.45, 2.75) is 43.7 Å². The highest BCUT2D eigenvalue weighted by Gasteiger charge is 2.29. The van der Waals surface area contributed by atoms with Crippen molar-refractivity contribution in [3.63, 3.8) is 0 Å². The van der Waals surface area contributed by atoms with E-state index in [1.807, 2.05) is 4.90 Å².